The van der Waals surface area contributed by atoms with E-state index in [1.54, 1.807) is 13.2 Å². The van der Waals surface area contributed by atoms with Crippen molar-refractivity contribution in [1.82, 2.24) is 20.1 Å². The van der Waals surface area contributed by atoms with Gasteiger partial charge in [-0.05, 0) is 101 Å². The molecule has 1 aromatic carbocycles. The number of fused-ring (bicyclic) bond motifs is 2. The molecule has 2 aliphatic carbocycles. The lowest BCUT2D eigenvalue weighted by molar-refractivity contribution is -0.119. The first-order chi connectivity index (χ1) is 23.1. The molecule has 1 aromatic heterocycles. The molecule has 0 bridgehead atoms. The highest BCUT2D eigenvalue weighted by Crippen LogP contribution is 2.52. The minimum atomic E-state index is -0.517. The monoisotopic (exact) mass is 656 g/mol. The van der Waals surface area contributed by atoms with E-state index in [2.05, 4.69) is 85.1 Å². The van der Waals surface area contributed by atoms with E-state index in [0.29, 0.717) is 35.1 Å². The molecule has 2 saturated heterocycles. The Bertz CT molecular complexity index is 1610. The molecule has 0 radical (unpaired) electrons. The third-order valence-electron chi connectivity index (χ3n) is 12.2. The van der Waals surface area contributed by atoms with Crippen LogP contribution < -0.4 is 15.6 Å². The zero-order chi connectivity index (χ0) is 34.2. The van der Waals surface area contributed by atoms with E-state index in [1.165, 1.54) is 36.0 Å². The number of H-pyrrole nitrogens is 1. The second kappa shape index (κ2) is 14.0. The van der Waals surface area contributed by atoms with Crippen molar-refractivity contribution < 1.29 is 14.3 Å². The molecule has 8 heteroatoms. The number of aromatic nitrogens is 1. The standard InChI is InChI=1S/C40H56N4O4/c1-8-43-27(4)23-39(24-28(43)5)18-14-30-12-13-31(22-35(30)39)40(44(9-2)32-15-19-48-20-16-32)17-10-11-33(29(40)6)37(45)41-25-34-36(47-7)21-26(3)42-38(34)46/h10-13,17,21-22,27-29,32H,8-9,14-16,18-20,23-25H2,1-7H3,(H,41,45)(H,42,46). The summed E-state index contributed by atoms with van der Waals surface area (Å²) in [7, 11) is 1.55. The van der Waals surface area contributed by atoms with Crippen LogP contribution in [0.2, 0.25) is 0 Å². The van der Waals surface area contributed by atoms with Crippen molar-refractivity contribution >= 4 is 5.91 Å². The van der Waals surface area contributed by atoms with Gasteiger partial charge in [-0.3, -0.25) is 19.4 Å². The number of benzene rings is 1. The number of likely N-dealkylation sites (N-methyl/N-ethyl adjacent to an activating group) is 1. The van der Waals surface area contributed by atoms with E-state index in [-0.39, 0.29) is 29.3 Å². The van der Waals surface area contributed by atoms with Crippen LogP contribution in [0.25, 0.3) is 0 Å². The van der Waals surface area contributed by atoms with Crippen LogP contribution in [0.3, 0.4) is 0 Å². The zero-order valence-corrected chi connectivity index (χ0v) is 30.2. The maximum absolute atomic E-state index is 14.1. The molecule has 4 unspecified atom stereocenters. The Hall–Kier alpha value is -3.20. The fourth-order valence-electron chi connectivity index (χ4n) is 10.1. The summed E-state index contributed by atoms with van der Waals surface area (Å²) in [5.74, 6) is 0.181. The number of amides is 1. The van der Waals surface area contributed by atoms with Gasteiger partial charge in [0.05, 0.1) is 24.8 Å². The van der Waals surface area contributed by atoms with Crippen molar-refractivity contribution in [3.8, 4) is 5.75 Å². The third kappa shape index (κ3) is 5.98. The number of rotatable bonds is 9. The molecule has 3 heterocycles. The maximum atomic E-state index is 14.1. The lowest BCUT2D eigenvalue weighted by atomic mass is 9.66. The number of nitrogens with zero attached hydrogens (tertiary/aromatic N) is 2. The lowest BCUT2D eigenvalue weighted by Crippen LogP contribution is -2.57. The molecule has 2 aliphatic heterocycles. The summed E-state index contributed by atoms with van der Waals surface area (Å²) in [6.45, 7) is 16.9. The van der Waals surface area contributed by atoms with Crippen LogP contribution in [0.1, 0.15) is 94.7 Å². The number of nitrogens with one attached hydrogen (secondary N) is 2. The van der Waals surface area contributed by atoms with Gasteiger partial charge in [0.15, 0.2) is 0 Å². The zero-order valence-electron chi connectivity index (χ0n) is 30.2. The van der Waals surface area contributed by atoms with Crippen LogP contribution in [0.4, 0.5) is 0 Å². The van der Waals surface area contributed by atoms with Gasteiger partial charge in [0.25, 0.3) is 5.56 Å². The number of aryl methyl sites for hydroxylation is 2. The SMILES string of the molecule is CCN1C(C)CC2(CCc3ccc(C4(N(CC)C5CCOCC5)C=CC=C(C(=O)NCc5c(OC)cc(C)[nH]c5=O)C4C)cc32)CC1C. The molecule has 1 amide bonds. The molecule has 1 spiro atoms. The number of pyridine rings is 1. The third-order valence-corrected chi connectivity index (χ3v) is 12.2. The second-order valence-electron chi connectivity index (χ2n) is 14.8. The molecule has 4 atom stereocenters. The van der Waals surface area contributed by atoms with Crippen molar-refractivity contribution in [2.75, 3.05) is 33.4 Å². The molecule has 0 saturated carbocycles. The predicted molar refractivity (Wildman–Crippen MR) is 191 cm³/mol. The number of methoxy groups -OCH3 is 1. The molecule has 2 aromatic rings. The summed E-state index contributed by atoms with van der Waals surface area (Å²) in [5.41, 5.74) is 5.57. The maximum Gasteiger partial charge on any atom is 0.256 e. The highest BCUT2D eigenvalue weighted by molar-refractivity contribution is 5.95. The van der Waals surface area contributed by atoms with Gasteiger partial charge in [-0.25, -0.2) is 0 Å². The Morgan fingerprint density at radius 1 is 1.12 bits per heavy atom. The van der Waals surface area contributed by atoms with Crippen LogP contribution in [0, 0.1) is 12.8 Å². The fourth-order valence-corrected chi connectivity index (χ4v) is 10.1. The van der Waals surface area contributed by atoms with Gasteiger partial charge < -0.3 is 19.8 Å². The van der Waals surface area contributed by atoms with Gasteiger partial charge in [0.2, 0.25) is 5.91 Å². The van der Waals surface area contributed by atoms with E-state index < -0.39 is 5.54 Å². The summed E-state index contributed by atoms with van der Waals surface area (Å²) in [5, 5.41) is 3.08. The smallest absolute Gasteiger partial charge is 0.256 e. The lowest BCUT2D eigenvalue weighted by Gasteiger charge is -2.52. The number of piperidine rings is 1. The second-order valence-corrected chi connectivity index (χ2v) is 14.8. The van der Waals surface area contributed by atoms with Crippen LogP contribution in [-0.4, -0.2) is 72.2 Å². The van der Waals surface area contributed by atoms with Crippen molar-refractivity contribution in [3.05, 3.63) is 86.4 Å². The minimum Gasteiger partial charge on any atom is -0.496 e. The summed E-state index contributed by atoms with van der Waals surface area (Å²) in [4.78, 5) is 35.1. The highest BCUT2D eigenvalue weighted by atomic mass is 16.5. The quantitative estimate of drug-likeness (QED) is 0.349. The number of carbonyl (C=O) groups is 1. The number of carbonyl (C=O) groups excluding carboxylic acids is 1. The van der Waals surface area contributed by atoms with Crippen LogP contribution >= 0.6 is 0 Å². The van der Waals surface area contributed by atoms with Crippen LogP contribution in [0.15, 0.2) is 52.9 Å². The molecule has 48 heavy (non-hydrogen) atoms. The van der Waals surface area contributed by atoms with E-state index in [0.717, 1.165) is 51.1 Å². The number of aromatic amines is 1. The van der Waals surface area contributed by atoms with Gasteiger partial charge in [-0.15, -0.1) is 0 Å². The summed E-state index contributed by atoms with van der Waals surface area (Å²) in [6.07, 6.45) is 13.1. The normalized spacial score (nSPS) is 29.2. The van der Waals surface area contributed by atoms with Crippen molar-refractivity contribution in [2.24, 2.45) is 5.92 Å². The molecular formula is C40H56N4O4. The molecule has 4 aliphatic rings. The van der Waals surface area contributed by atoms with E-state index in [4.69, 9.17) is 9.47 Å². The van der Waals surface area contributed by atoms with Gasteiger partial charge in [-0.1, -0.05) is 57.2 Å². The average Bonchev–Trinajstić information content (AvgIpc) is 3.41. The average molecular weight is 657 g/mol. The van der Waals surface area contributed by atoms with E-state index >= 15 is 0 Å². The van der Waals surface area contributed by atoms with Crippen LogP contribution in [-0.2, 0) is 33.5 Å². The summed E-state index contributed by atoms with van der Waals surface area (Å²) < 4.78 is 11.3. The Morgan fingerprint density at radius 3 is 2.52 bits per heavy atom. The summed E-state index contributed by atoms with van der Waals surface area (Å²) in [6, 6.07) is 10.5. The van der Waals surface area contributed by atoms with E-state index in [1.807, 2.05) is 13.0 Å². The first kappa shape index (κ1) is 34.7. The fraction of sp³-hybridized carbons (Fsp3) is 0.600. The number of hydrogen-bond acceptors (Lipinski definition) is 6. The Labute approximate surface area is 287 Å². The Morgan fingerprint density at radius 2 is 1.85 bits per heavy atom. The minimum absolute atomic E-state index is 0.0857. The molecule has 8 nitrogen and oxygen atoms in total. The molecule has 2 N–H and O–H groups in total. The largest absolute Gasteiger partial charge is 0.496 e. The number of allylic oxidation sites excluding steroid dienone is 2. The van der Waals surface area contributed by atoms with Crippen molar-refractivity contribution in [1.29, 1.82) is 0 Å². The number of likely N-dealkylation sites (tertiary alicyclic amines) is 1. The van der Waals surface area contributed by atoms with Crippen LogP contribution in [0.5, 0.6) is 5.75 Å². The van der Waals surface area contributed by atoms with Crippen molar-refractivity contribution in [2.45, 2.75) is 116 Å². The topological polar surface area (TPSA) is 86.9 Å². The molecule has 260 valence electrons. The molecule has 2 fully saturated rings. The van der Waals surface area contributed by atoms with Gasteiger partial charge in [0, 0.05) is 48.5 Å². The first-order valence-electron chi connectivity index (χ1n) is 18.3. The van der Waals surface area contributed by atoms with Gasteiger partial charge in [0.1, 0.15) is 5.75 Å². The van der Waals surface area contributed by atoms with Crippen molar-refractivity contribution in [3.63, 3.8) is 0 Å². The van der Waals surface area contributed by atoms with E-state index in [9.17, 15) is 9.59 Å². The number of hydrogen-bond donors (Lipinski definition) is 2. The predicted octanol–water partition coefficient (Wildman–Crippen LogP) is 5.91. The molecular weight excluding hydrogens is 600 g/mol. The Kier molecular flexibility index (Phi) is 10.1. The van der Waals surface area contributed by atoms with Gasteiger partial charge >= 0.3 is 0 Å². The number of ether oxygens (including phenoxy) is 2. The van der Waals surface area contributed by atoms with Gasteiger partial charge in [-0.2, -0.15) is 0 Å². The first-order valence-corrected chi connectivity index (χ1v) is 18.3. The molecule has 6 rings (SSSR count). The summed E-state index contributed by atoms with van der Waals surface area (Å²) >= 11 is 0. The highest BCUT2D eigenvalue weighted by Gasteiger charge is 2.50. The Balaban J connectivity index is 1.39.